The Morgan fingerprint density at radius 1 is 1.38 bits per heavy atom. The highest BCUT2D eigenvalue weighted by Crippen LogP contribution is 2.28. The first-order valence-corrected chi connectivity index (χ1v) is 9.84. The molecule has 2 rings (SSSR count). The predicted octanol–water partition coefficient (Wildman–Crippen LogP) is 1.95. The van der Waals surface area contributed by atoms with Gasteiger partial charge in [-0.15, -0.1) is 11.3 Å². The van der Waals surface area contributed by atoms with Crippen LogP contribution in [0.15, 0.2) is 16.3 Å². The topological polar surface area (TPSA) is 67.4 Å². The van der Waals surface area contributed by atoms with Crippen molar-refractivity contribution in [3.8, 4) is 0 Å². The maximum Gasteiger partial charge on any atom is 0.241 e. The Morgan fingerprint density at radius 3 is 2.90 bits per heavy atom. The Morgan fingerprint density at radius 2 is 2.19 bits per heavy atom. The lowest BCUT2D eigenvalue weighted by atomic mass is 10.4. The summed E-state index contributed by atoms with van der Waals surface area (Å²) in [6, 6.07) is 1.67. The summed E-state index contributed by atoms with van der Waals surface area (Å²) in [5, 5.41) is 5.06. The molecule has 1 aromatic rings. The zero-order chi connectivity index (χ0) is 15.1. The van der Waals surface area contributed by atoms with E-state index in [0.717, 1.165) is 24.4 Å². The monoisotopic (exact) mass is 332 g/mol. The molecule has 1 aliphatic carbocycles. The summed E-state index contributed by atoms with van der Waals surface area (Å²) >= 11 is 1.47. The molecule has 5 nitrogen and oxygen atoms in total. The predicted molar refractivity (Wildman–Crippen MR) is 85.0 cm³/mol. The number of thiophene rings is 1. The Labute approximate surface area is 131 Å². The van der Waals surface area contributed by atoms with Crippen LogP contribution in [0.4, 0.5) is 0 Å². The van der Waals surface area contributed by atoms with Gasteiger partial charge in [0.2, 0.25) is 10.0 Å². The molecule has 120 valence electrons. The number of hydrogen-bond acceptors (Lipinski definition) is 5. The molecule has 0 saturated heterocycles. The lowest BCUT2D eigenvalue weighted by Crippen LogP contribution is -2.28. The number of ether oxygens (including phenoxy) is 1. The van der Waals surface area contributed by atoms with Crippen LogP contribution in [0.3, 0.4) is 0 Å². The zero-order valence-corrected chi connectivity index (χ0v) is 14.1. The molecule has 21 heavy (non-hydrogen) atoms. The summed E-state index contributed by atoms with van der Waals surface area (Å²) in [5.41, 5.74) is 0. The fourth-order valence-electron chi connectivity index (χ4n) is 1.94. The molecule has 0 atom stereocenters. The molecule has 1 heterocycles. The Balaban J connectivity index is 1.78. The van der Waals surface area contributed by atoms with Crippen molar-refractivity contribution in [2.45, 2.75) is 37.6 Å². The first-order valence-electron chi connectivity index (χ1n) is 7.48. The smallest absolute Gasteiger partial charge is 0.241 e. The van der Waals surface area contributed by atoms with Crippen molar-refractivity contribution in [1.29, 1.82) is 0 Å². The quantitative estimate of drug-likeness (QED) is 0.608. The SMILES string of the molecule is CCCNCc1sccc1S(=O)(=O)NCCOCC1CC1. The second-order valence-corrected chi connectivity index (χ2v) is 8.04. The highest BCUT2D eigenvalue weighted by atomic mass is 32.2. The van der Waals surface area contributed by atoms with Gasteiger partial charge in [-0.3, -0.25) is 0 Å². The van der Waals surface area contributed by atoms with Crippen LogP contribution in [-0.4, -0.2) is 34.7 Å². The van der Waals surface area contributed by atoms with Crippen molar-refractivity contribution in [2.24, 2.45) is 5.92 Å². The molecule has 7 heteroatoms. The Hall–Kier alpha value is -0.470. The maximum atomic E-state index is 12.3. The summed E-state index contributed by atoms with van der Waals surface area (Å²) in [6.45, 7) is 5.09. The van der Waals surface area contributed by atoms with E-state index in [1.165, 1.54) is 24.2 Å². The molecule has 0 unspecified atom stereocenters. The number of nitrogens with one attached hydrogen (secondary N) is 2. The molecule has 1 aromatic heterocycles. The minimum Gasteiger partial charge on any atom is -0.380 e. The fourth-order valence-corrected chi connectivity index (χ4v) is 4.36. The van der Waals surface area contributed by atoms with Crippen LogP contribution >= 0.6 is 11.3 Å². The minimum absolute atomic E-state index is 0.326. The van der Waals surface area contributed by atoms with Gasteiger partial charge in [0.1, 0.15) is 0 Å². The first kappa shape index (κ1) is 16.9. The van der Waals surface area contributed by atoms with E-state index in [1.54, 1.807) is 6.07 Å². The molecule has 0 radical (unpaired) electrons. The zero-order valence-electron chi connectivity index (χ0n) is 12.4. The minimum atomic E-state index is -3.43. The van der Waals surface area contributed by atoms with Gasteiger partial charge in [0, 0.05) is 24.6 Å². The Kier molecular flexibility index (Phi) is 6.63. The van der Waals surface area contributed by atoms with E-state index in [-0.39, 0.29) is 0 Å². The molecule has 1 fully saturated rings. The summed E-state index contributed by atoms with van der Waals surface area (Å²) in [5.74, 6) is 0.703. The van der Waals surface area contributed by atoms with Crippen LogP contribution in [0, 0.1) is 5.92 Å². The molecule has 0 aliphatic heterocycles. The first-order chi connectivity index (χ1) is 10.1. The summed E-state index contributed by atoms with van der Waals surface area (Å²) in [7, 11) is -3.43. The van der Waals surface area contributed by atoms with Gasteiger partial charge in [0.25, 0.3) is 0 Å². The molecular formula is C14H24N2O3S2. The highest BCUT2D eigenvalue weighted by molar-refractivity contribution is 7.89. The highest BCUT2D eigenvalue weighted by Gasteiger charge is 2.22. The lowest BCUT2D eigenvalue weighted by Gasteiger charge is -2.09. The number of rotatable bonds is 11. The Bertz CT molecular complexity index is 524. The van der Waals surface area contributed by atoms with Crippen molar-refractivity contribution in [1.82, 2.24) is 10.0 Å². The van der Waals surface area contributed by atoms with E-state index in [1.807, 2.05) is 5.38 Å². The number of hydrogen-bond donors (Lipinski definition) is 2. The van der Waals surface area contributed by atoms with E-state index in [0.29, 0.717) is 30.5 Å². The van der Waals surface area contributed by atoms with Gasteiger partial charge in [-0.1, -0.05) is 6.92 Å². The van der Waals surface area contributed by atoms with E-state index >= 15 is 0 Å². The van der Waals surface area contributed by atoms with E-state index in [2.05, 4.69) is 17.0 Å². The van der Waals surface area contributed by atoms with Crippen molar-refractivity contribution in [3.63, 3.8) is 0 Å². The standard InChI is InChI=1S/C14H24N2O3S2/c1-2-6-15-10-13-14(5-9-20-13)21(17,18)16-7-8-19-11-12-3-4-12/h5,9,12,15-16H,2-4,6-8,10-11H2,1H3. The van der Waals surface area contributed by atoms with Crippen molar-refractivity contribution >= 4 is 21.4 Å². The third-order valence-electron chi connectivity index (χ3n) is 3.30. The van der Waals surface area contributed by atoms with Crippen molar-refractivity contribution in [3.05, 3.63) is 16.3 Å². The molecule has 0 bridgehead atoms. The van der Waals surface area contributed by atoms with Gasteiger partial charge in [0.05, 0.1) is 11.5 Å². The largest absolute Gasteiger partial charge is 0.380 e. The molecule has 1 saturated carbocycles. The molecule has 2 N–H and O–H groups in total. The van der Waals surface area contributed by atoms with Crippen molar-refractivity contribution < 1.29 is 13.2 Å². The van der Waals surface area contributed by atoms with Crippen molar-refractivity contribution in [2.75, 3.05) is 26.3 Å². The second-order valence-electron chi connectivity index (χ2n) is 5.30. The van der Waals surface area contributed by atoms with Crippen LogP contribution in [-0.2, 0) is 21.3 Å². The third-order valence-corrected chi connectivity index (χ3v) is 5.89. The van der Waals surface area contributed by atoms with Gasteiger partial charge in [0.15, 0.2) is 0 Å². The average molecular weight is 332 g/mol. The van der Waals surface area contributed by atoms with E-state index < -0.39 is 10.0 Å². The molecule has 0 amide bonds. The molecule has 0 aromatic carbocycles. The van der Waals surface area contributed by atoms with Crippen LogP contribution in [0.1, 0.15) is 31.1 Å². The molecular weight excluding hydrogens is 308 g/mol. The molecule has 0 spiro atoms. The van der Waals surface area contributed by atoms with E-state index in [9.17, 15) is 8.42 Å². The average Bonchev–Trinajstić information content (AvgIpc) is 3.14. The summed E-state index contributed by atoms with van der Waals surface area (Å²) in [4.78, 5) is 1.24. The normalized spacial score (nSPS) is 15.5. The van der Waals surface area contributed by atoms with E-state index in [4.69, 9.17) is 4.74 Å². The van der Waals surface area contributed by atoms with Gasteiger partial charge < -0.3 is 10.1 Å². The van der Waals surface area contributed by atoms with Crippen LogP contribution < -0.4 is 10.0 Å². The van der Waals surface area contributed by atoms with Gasteiger partial charge in [-0.25, -0.2) is 13.1 Å². The van der Waals surface area contributed by atoms with Gasteiger partial charge in [-0.05, 0) is 43.2 Å². The van der Waals surface area contributed by atoms with Gasteiger partial charge >= 0.3 is 0 Å². The summed E-state index contributed by atoms with van der Waals surface area (Å²) < 4.78 is 32.6. The second kappa shape index (κ2) is 8.24. The maximum absolute atomic E-state index is 12.3. The number of sulfonamides is 1. The van der Waals surface area contributed by atoms with Crippen LogP contribution in [0.25, 0.3) is 0 Å². The fraction of sp³-hybridized carbons (Fsp3) is 0.714. The third kappa shape index (κ3) is 5.67. The lowest BCUT2D eigenvalue weighted by molar-refractivity contribution is 0.129. The van der Waals surface area contributed by atoms with Crippen LogP contribution in [0.2, 0.25) is 0 Å². The van der Waals surface area contributed by atoms with Crippen LogP contribution in [0.5, 0.6) is 0 Å². The molecule has 1 aliphatic rings. The van der Waals surface area contributed by atoms with Gasteiger partial charge in [-0.2, -0.15) is 0 Å². The summed E-state index contributed by atoms with van der Waals surface area (Å²) in [6.07, 6.45) is 3.52.